The fourth-order valence-corrected chi connectivity index (χ4v) is 4.81. The lowest BCUT2D eigenvalue weighted by molar-refractivity contribution is -0.137. The zero-order valence-corrected chi connectivity index (χ0v) is 19.6. The smallest absolute Gasteiger partial charge is 0.416 e. The lowest BCUT2D eigenvalue weighted by Crippen LogP contribution is -2.27. The van der Waals surface area contributed by atoms with E-state index in [0.29, 0.717) is 28.4 Å². The van der Waals surface area contributed by atoms with Crippen LogP contribution in [0.25, 0.3) is 0 Å². The van der Waals surface area contributed by atoms with Crippen LogP contribution in [-0.2, 0) is 11.0 Å². The van der Waals surface area contributed by atoms with E-state index in [-0.39, 0.29) is 17.6 Å². The van der Waals surface area contributed by atoms with E-state index < -0.39 is 17.1 Å². The molecule has 0 aromatic heterocycles. The highest BCUT2D eigenvalue weighted by molar-refractivity contribution is 8.00. The molecule has 1 N–H and O–H groups in total. The third-order valence-corrected chi connectivity index (χ3v) is 6.62. The van der Waals surface area contributed by atoms with Crippen molar-refractivity contribution in [3.8, 4) is 11.5 Å². The van der Waals surface area contributed by atoms with Crippen LogP contribution in [0.3, 0.4) is 0 Å². The lowest BCUT2D eigenvalue weighted by Gasteiger charge is -2.25. The predicted octanol–water partition coefficient (Wildman–Crippen LogP) is 5.75. The Labute approximate surface area is 204 Å². The van der Waals surface area contributed by atoms with Gasteiger partial charge in [0, 0.05) is 23.0 Å². The van der Waals surface area contributed by atoms with Gasteiger partial charge in [0.2, 0.25) is 5.91 Å². The van der Waals surface area contributed by atoms with Crippen molar-refractivity contribution < 1.29 is 32.2 Å². The van der Waals surface area contributed by atoms with Crippen LogP contribution in [0.5, 0.6) is 11.5 Å². The number of methoxy groups -OCH3 is 2. The van der Waals surface area contributed by atoms with Gasteiger partial charge in [0.1, 0.15) is 16.9 Å². The standard InChI is InChI=1S/C25H21F3N2O4S/c1-33-20-11-16(12-21(13-20)34-2)23(32)29-18-7-3-15(4-8-18)24-30(22(31)14-35-24)19-9-5-17(6-10-19)25(26,27)28/h3-13,24H,14H2,1-2H3,(H,29,32). The summed E-state index contributed by atoms with van der Waals surface area (Å²) in [4.78, 5) is 26.7. The Morgan fingerprint density at radius 2 is 1.57 bits per heavy atom. The number of hydrogen-bond donors (Lipinski definition) is 1. The van der Waals surface area contributed by atoms with Crippen molar-refractivity contribution in [1.82, 2.24) is 0 Å². The Morgan fingerprint density at radius 3 is 2.11 bits per heavy atom. The number of thioether (sulfide) groups is 1. The Bertz CT molecular complexity index is 1210. The third kappa shape index (κ3) is 5.37. The molecule has 10 heteroatoms. The van der Waals surface area contributed by atoms with E-state index in [1.807, 2.05) is 0 Å². The molecule has 1 heterocycles. The van der Waals surface area contributed by atoms with Gasteiger partial charge in [0.15, 0.2) is 0 Å². The zero-order valence-electron chi connectivity index (χ0n) is 18.8. The van der Waals surface area contributed by atoms with Crippen LogP contribution in [0.1, 0.15) is 26.9 Å². The van der Waals surface area contributed by atoms with Gasteiger partial charge >= 0.3 is 6.18 Å². The summed E-state index contributed by atoms with van der Waals surface area (Å²) in [6.45, 7) is 0. The Hall–Kier alpha value is -3.66. The molecule has 1 atom stereocenters. The molecular weight excluding hydrogens is 481 g/mol. The van der Waals surface area contributed by atoms with Crippen molar-refractivity contribution in [3.05, 3.63) is 83.4 Å². The molecule has 1 fully saturated rings. The maximum atomic E-state index is 12.9. The fraction of sp³-hybridized carbons (Fsp3) is 0.200. The van der Waals surface area contributed by atoms with E-state index in [9.17, 15) is 22.8 Å². The molecule has 2 amide bonds. The molecule has 1 unspecified atom stereocenters. The van der Waals surface area contributed by atoms with Crippen molar-refractivity contribution in [2.45, 2.75) is 11.6 Å². The van der Waals surface area contributed by atoms with E-state index >= 15 is 0 Å². The second-order valence-electron chi connectivity index (χ2n) is 7.65. The predicted molar refractivity (Wildman–Crippen MR) is 128 cm³/mol. The van der Waals surface area contributed by atoms with Crippen LogP contribution in [0.15, 0.2) is 66.7 Å². The van der Waals surface area contributed by atoms with Gasteiger partial charge in [-0.3, -0.25) is 14.5 Å². The van der Waals surface area contributed by atoms with E-state index in [1.165, 1.54) is 43.0 Å². The van der Waals surface area contributed by atoms with Crippen molar-refractivity contribution in [3.63, 3.8) is 0 Å². The quantitative estimate of drug-likeness (QED) is 0.465. The highest BCUT2D eigenvalue weighted by Crippen LogP contribution is 2.42. The minimum Gasteiger partial charge on any atom is -0.497 e. The molecule has 1 aliphatic heterocycles. The number of nitrogens with one attached hydrogen (secondary N) is 1. The van der Waals surface area contributed by atoms with Crippen LogP contribution in [0, 0.1) is 0 Å². The number of carbonyl (C=O) groups is 2. The van der Waals surface area contributed by atoms with Gasteiger partial charge < -0.3 is 14.8 Å². The Balaban J connectivity index is 1.51. The molecule has 1 aliphatic rings. The molecule has 1 saturated heterocycles. The molecule has 4 rings (SSSR count). The van der Waals surface area contributed by atoms with E-state index in [2.05, 4.69) is 5.32 Å². The Kier molecular flexibility index (Phi) is 6.93. The summed E-state index contributed by atoms with van der Waals surface area (Å²) < 4.78 is 49.1. The summed E-state index contributed by atoms with van der Waals surface area (Å²) in [6.07, 6.45) is -4.45. The molecule has 182 valence electrons. The topological polar surface area (TPSA) is 67.9 Å². The summed E-state index contributed by atoms with van der Waals surface area (Å²) in [5, 5.41) is 2.41. The van der Waals surface area contributed by atoms with Crippen LogP contribution >= 0.6 is 11.8 Å². The van der Waals surface area contributed by atoms with Crippen LogP contribution < -0.4 is 19.7 Å². The lowest BCUT2D eigenvalue weighted by atomic mass is 10.1. The number of nitrogens with zero attached hydrogens (tertiary/aromatic N) is 1. The van der Waals surface area contributed by atoms with Crippen LogP contribution in [-0.4, -0.2) is 31.8 Å². The summed E-state index contributed by atoms with van der Waals surface area (Å²) >= 11 is 1.38. The molecule has 3 aromatic carbocycles. The molecular formula is C25H21F3N2O4S. The average molecular weight is 503 g/mol. The highest BCUT2D eigenvalue weighted by Gasteiger charge is 2.35. The number of rotatable bonds is 6. The number of anilines is 2. The number of ether oxygens (including phenoxy) is 2. The second kappa shape index (κ2) is 9.91. The average Bonchev–Trinajstić information content (AvgIpc) is 3.24. The molecule has 0 bridgehead atoms. The van der Waals surface area contributed by atoms with Crippen LogP contribution in [0.2, 0.25) is 0 Å². The van der Waals surface area contributed by atoms with Crippen molar-refractivity contribution in [2.24, 2.45) is 0 Å². The van der Waals surface area contributed by atoms with E-state index in [4.69, 9.17) is 9.47 Å². The SMILES string of the molecule is COc1cc(OC)cc(C(=O)Nc2ccc(C3SCC(=O)N3c3ccc(C(F)(F)F)cc3)cc2)c1. The van der Waals surface area contributed by atoms with E-state index in [0.717, 1.165) is 17.7 Å². The summed E-state index contributed by atoms with van der Waals surface area (Å²) in [7, 11) is 2.99. The number of alkyl halides is 3. The summed E-state index contributed by atoms with van der Waals surface area (Å²) in [5.74, 6) is 0.630. The molecule has 35 heavy (non-hydrogen) atoms. The summed E-state index contributed by atoms with van der Waals surface area (Å²) in [6, 6.07) is 16.3. The van der Waals surface area contributed by atoms with Crippen molar-refractivity contribution in [1.29, 1.82) is 0 Å². The third-order valence-electron chi connectivity index (χ3n) is 5.41. The van der Waals surface area contributed by atoms with Gasteiger partial charge in [0.25, 0.3) is 5.91 Å². The minimum atomic E-state index is -4.45. The molecule has 0 spiro atoms. The first-order chi connectivity index (χ1) is 16.7. The molecule has 3 aromatic rings. The van der Waals surface area contributed by atoms with Crippen LogP contribution in [0.4, 0.5) is 24.5 Å². The van der Waals surface area contributed by atoms with Crippen molar-refractivity contribution in [2.75, 3.05) is 30.2 Å². The number of amides is 2. The number of hydrogen-bond acceptors (Lipinski definition) is 5. The second-order valence-corrected chi connectivity index (χ2v) is 8.72. The number of halogens is 3. The maximum absolute atomic E-state index is 12.9. The number of carbonyl (C=O) groups excluding carboxylic acids is 2. The van der Waals surface area contributed by atoms with Gasteiger partial charge in [-0.25, -0.2) is 0 Å². The molecule has 6 nitrogen and oxygen atoms in total. The Morgan fingerprint density at radius 1 is 0.971 bits per heavy atom. The first-order valence-corrected chi connectivity index (χ1v) is 11.5. The highest BCUT2D eigenvalue weighted by atomic mass is 32.2. The zero-order chi connectivity index (χ0) is 25.2. The molecule has 0 radical (unpaired) electrons. The van der Waals surface area contributed by atoms with E-state index in [1.54, 1.807) is 42.5 Å². The fourth-order valence-electron chi connectivity index (χ4n) is 3.63. The number of benzene rings is 3. The molecule has 0 aliphatic carbocycles. The summed E-state index contributed by atoms with van der Waals surface area (Å²) in [5.41, 5.74) is 1.29. The normalized spacial score (nSPS) is 15.7. The minimum absolute atomic E-state index is 0.191. The first-order valence-electron chi connectivity index (χ1n) is 10.4. The van der Waals surface area contributed by atoms with Gasteiger partial charge in [-0.15, -0.1) is 11.8 Å². The maximum Gasteiger partial charge on any atom is 0.416 e. The van der Waals surface area contributed by atoms with Gasteiger partial charge in [-0.05, 0) is 54.1 Å². The van der Waals surface area contributed by atoms with Gasteiger partial charge in [-0.2, -0.15) is 13.2 Å². The van der Waals surface area contributed by atoms with Gasteiger partial charge in [0.05, 0.1) is 25.5 Å². The molecule has 0 saturated carbocycles. The van der Waals surface area contributed by atoms with Crippen molar-refractivity contribution >= 4 is 35.0 Å². The monoisotopic (exact) mass is 502 g/mol. The first kappa shape index (κ1) is 24.5. The largest absolute Gasteiger partial charge is 0.497 e. The van der Waals surface area contributed by atoms with Gasteiger partial charge in [-0.1, -0.05) is 12.1 Å².